The first-order chi connectivity index (χ1) is 9.15. The monoisotopic (exact) mass is 309 g/mol. The van der Waals surface area contributed by atoms with E-state index in [1.807, 2.05) is 61.9 Å². The highest BCUT2D eigenvalue weighted by Gasteiger charge is 2.05. The van der Waals surface area contributed by atoms with Gasteiger partial charge in [-0.1, -0.05) is 30.3 Å². The zero-order chi connectivity index (χ0) is 13.7. The second kappa shape index (κ2) is 8.09. The van der Waals surface area contributed by atoms with Crippen molar-refractivity contribution in [3.63, 3.8) is 0 Å². The zero-order valence-electron chi connectivity index (χ0n) is 11.9. The highest BCUT2D eigenvalue weighted by Crippen LogP contribution is 2.36. The minimum absolute atomic E-state index is 0. The van der Waals surface area contributed by atoms with E-state index >= 15 is 0 Å². The quantitative estimate of drug-likeness (QED) is 0.672. The largest absolute Gasteiger partial charge is 0.489 e. The lowest BCUT2D eigenvalue weighted by Crippen LogP contribution is -1.97. The fourth-order valence-corrected chi connectivity index (χ4v) is 2.17. The minimum atomic E-state index is -0.494. The third kappa shape index (κ3) is 5.00. The van der Waals surface area contributed by atoms with E-state index in [4.69, 9.17) is 15.0 Å². The van der Waals surface area contributed by atoms with Gasteiger partial charge in [-0.2, -0.15) is 9.90 Å². The van der Waals surface area contributed by atoms with Crippen molar-refractivity contribution in [1.29, 1.82) is 0 Å². The third-order valence-corrected chi connectivity index (χ3v) is 3.08. The van der Waals surface area contributed by atoms with Gasteiger partial charge in [0.05, 0.1) is 13.8 Å². The van der Waals surface area contributed by atoms with Crippen LogP contribution in [0.2, 0.25) is 0 Å². The minimum Gasteiger partial charge on any atom is -0.489 e. The molecule has 2 N–H and O–H groups in total. The first-order valence-corrected chi connectivity index (χ1v) is 8.22. The van der Waals surface area contributed by atoms with Gasteiger partial charge >= 0.3 is 0 Å². The Morgan fingerprint density at radius 1 is 1.05 bits per heavy atom. The van der Waals surface area contributed by atoms with E-state index in [1.165, 1.54) is 0 Å². The molecule has 0 aliphatic heterocycles. The maximum atomic E-state index is 5.87. The Labute approximate surface area is 124 Å². The van der Waals surface area contributed by atoms with E-state index < -0.39 is 8.15 Å². The number of rotatable bonds is 5. The SMILES string of the molecule is CP(C)Oc1cc(OCc2ccccc2)ccc1N.P. The fraction of sp³-hybridized carbons (Fsp3) is 0.200. The smallest absolute Gasteiger partial charge is 0.149 e. The van der Waals surface area contributed by atoms with Crippen LogP contribution >= 0.6 is 18.0 Å². The summed E-state index contributed by atoms with van der Waals surface area (Å²) in [4.78, 5) is 0. The summed E-state index contributed by atoms with van der Waals surface area (Å²) in [7, 11) is -0.494. The van der Waals surface area contributed by atoms with E-state index in [0.29, 0.717) is 18.0 Å². The molecule has 0 heterocycles. The predicted octanol–water partition coefficient (Wildman–Crippen LogP) is 3.94. The molecule has 1 atom stereocenters. The summed E-state index contributed by atoms with van der Waals surface area (Å²) in [5.41, 5.74) is 7.65. The summed E-state index contributed by atoms with van der Waals surface area (Å²) in [6, 6.07) is 15.6. The summed E-state index contributed by atoms with van der Waals surface area (Å²) < 4.78 is 11.4. The molecule has 20 heavy (non-hydrogen) atoms. The Kier molecular flexibility index (Phi) is 6.78. The lowest BCUT2D eigenvalue weighted by atomic mass is 10.2. The Morgan fingerprint density at radius 3 is 2.40 bits per heavy atom. The summed E-state index contributed by atoms with van der Waals surface area (Å²) >= 11 is 0. The molecule has 0 saturated heterocycles. The molecule has 3 nitrogen and oxygen atoms in total. The maximum Gasteiger partial charge on any atom is 0.149 e. The molecule has 2 rings (SSSR count). The van der Waals surface area contributed by atoms with Crippen LogP contribution in [0.3, 0.4) is 0 Å². The number of nitrogens with two attached hydrogens (primary N) is 1. The number of hydrogen-bond acceptors (Lipinski definition) is 3. The zero-order valence-corrected chi connectivity index (χ0v) is 14.2. The standard InChI is InChI=1S/C15H18NO2P.H3P/c1-19(2)18-15-10-13(8-9-14(15)16)17-11-12-6-4-3-5-7-12;/h3-10H,11,16H2,1-2H3;1H3. The average molecular weight is 309 g/mol. The molecule has 1 unspecified atom stereocenters. The van der Waals surface area contributed by atoms with Gasteiger partial charge in [0, 0.05) is 6.07 Å². The Hall–Kier alpha value is -1.30. The van der Waals surface area contributed by atoms with Gasteiger partial charge < -0.3 is 15.0 Å². The van der Waals surface area contributed by atoms with Gasteiger partial charge in [0.1, 0.15) is 18.1 Å². The molecule has 0 aromatic heterocycles. The van der Waals surface area contributed by atoms with Crippen LogP contribution in [0.1, 0.15) is 5.56 Å². The van der Waals surface area contributed by atoms with Gasteiger partial charge in [-0.15, -0.1) is 0 Å². The topological polar surface area (TPSA) is 44.5 Å². The Morgan fingerprint density at radius 2 is 1.75 bits per heavy atom. The van der Waals surface area contributed by atoms with Crippen LogP contribution in [-0.4, -0.2) is 13.3 Å². The maximum absolute atomic E-state index is 5.87. The molecule has 0 amide bonds. The van der Waals surface area contributed by atoms with Crippen LogP contribution < -0.4 is 15.0 Å². The first-order valence-electron chi connectivity index (χ1n) is 6.06. The predicted molar refractivity (Wildman–Crippen MR) is 92.1 cm³/mol. The van der Waals surface area contributed by atoms with Crippen molar-refractivity contribution < 1.29 is 9.26 Å². The number of hydrogen-bond donors (Lipinski definition) is 1. The number of nitrogen functional groups attached to an aromatic ring is 1. The molecular formula is C15H21NO2P2. The van der Waals surface area contributed by atoms with Crippen molar-refractivity contribution in [2.75, 3.05) is 19.1 Å². The molecule has 0 aliphatic rings. The molecule has 5 heteroatoms. The van der Waals surface area contributed by atoms with Crippen molar-refractivity contribution >= 4 is 23.7 Å². The van der Waals surface area contributed by atoms with E-state index in [-0.39, 0.29) is 9.90 Å². The van der Waals surface area contributed by atoms with Crippen molar-refractivity contribution in [3.8, 4) is 11.5 Å². The van der Waals surface area contributed by atoms with Crippen LogP contribution in [0, 0.1) is 0 Å². The highest BCUT2D eigenvalue weighted by atomic mass is 31.1. The molecule has 0 saturated carbocycles. The summed E-state index contributed by atoms with van der Waals surface area (Å²) in [6.45, 7) is 4.61. The molecule has 2 aromatic rings. The van der Waals surface area contributed by atoms with Gasteiger partial charge in [0.25, 0.3) is 0 Å². The van der Waals surface area contributed by atoms with Crippen molar-refractivity contribution in [2.24, 2.45) is 0 Å². The summed E-state index contributed by atoms with van der Waals surface area (Å²) in [5, 5.41) is 0. The van der Waals surface area contributed by atoms with E-state index in [0.717, 1.165) is 11.3 Å². The summed E-state index contributed by atoms with van der Waals surface area (Å²) in [5.74, 6) is 1.46. The molecule has 108 valence electrons. The molecule has 0 spiro atoms. The second-order valence-corrected chi connectivity index (χ2v) is 6.18. The first kappa shape index (κ1) is 16.8. The molecule has 2 aromatic carbocycles. The molecule has 0 radical (unpaired) electrons. The molecule has 0 fully saturated rings. The molecule has 0 aliphatic carbocycles. The lowest BCUT2D eigenvalue weighted by Gasteiger charge is -2.13. The normalized spacial score (nSPS) is 9.95. The van der Waals surface area contributed by atoms with Gasteiger partial charge in [-0.25, -0.2) is 0 Å². The number of benzene rings is 2. The van der Waals surface area contributed by atoms with E-state index in [9.17, 15) is 0 Å². The van der Waals surface area contributed by atoms with Crippen molar-refractivity contribution in [2.45, 2.75) is 6.61 Å². The van der Waals surface area contributed by atoms with Gasteiger partial charge in [0.2, 0.25) is 0 Å². The van der Waals surface area contributed by atoms with Crippen LogP contribution in [0.4, 0.5) is 5.69 Å². The van der Waals surface area contributed by atoms with Crippen LogP contribution in [0.15, 0.2) is 48.5 Å². The van der Waals surface area contributed by atoms with E-state index in [2.05, 4.69) is 0 Å². The van der Waals surface area contributed by atoms with Crippen molar-refractivity contribution in [3.05, 3.63) is 54.1 Å². The third-order valence-electron chi connectivity index (χ3n) is 2.51. The van der Waals surface area contributed by atoms with Crippen molar-refractivity contribution in [1.82, 2.24) is 0 Å². The summed E-state index contributed by atoms with van der Waals surface area (Å²) in [6.07, 6.45) is 0. The van der Waals surface area contributed by atoms with Gasteiger partial charge in [-0.3, -0.25) is 0 Å². The highest BCUT2D eigenvalue weighted by molar-refractivity contribution is 7.51. The average Bonchev–Trinajstić information content (AvgIpc) is 2.40. The number of anilines is 1. The van der Waals surface area contributed by atoms with Crippen LogP contribution in [0.5, 0.6) is 11.5 Å². The second-order valence-electron chi connectivity index (χ2n) is 4.38. The van der Waals surface area contributed by atoms with Gasteiger partial charge in [-0.05, 0) is 31.0 Å². The van der Waals surface area contributed by atoms with Crippen LogP contribution in [0.25, 0.3) is 0 Å². The molecule has 0 bridgehead atoms. The lowest BCUT2D eigenvalue weighted by molar-refractivity contribution is 0.305. The Bertz CT molecular complexity index is 533. The molecular weight excluding hydrogens is 288 g/mol. The van der Waals surface area contributed by atoms with Crippen LogP contribution in [-0.2, 0) is 6.61 Å². The van der Waals surface area contributed by atoms with Gasteiger partial charge in [0.15, 0.2) is 0 Å². The fourth-order valence-electron chi connectivity index (χ4n) is 1.62. The number of ether oxygens (including phenoxy) is 1. The van der Waals surface area contributed by atoms with E-state index in [1.54, 1.807) is 0 Å². The Balaban J connectivity index is 0.00000200.